The van der Waals surface area contributed by atoms with Crippen molar-refractivity contribution in [3.63, 3.8) is 0 Å². The molecule has 29 heavy (non-hydrogen) atoms. The van der Waals surface area contributed by atoms with Crippen LogP contribution in [0.3, 0.4) is 0 Å². The normalized spacial score (nSPS) is 11.7. The minimum atomic E-state index is -3.36. The average Bonchev–Trinajstić information content (AvgIpc) is 2.65. The number of hydrogen-bond acceptors (Lipinski definition) is 4. The zero-order valence-electron chi connectivity index (χ0n) is 16.8. The molecular weight excluding hydrogens is 386 g/mol. The summed E-state index contributed by atoms with van der Waals surface area (Å²) in [5.74, 6) is -0.236. The van der Waals surface area contributed by atoms with Crippen molar-refractivity contribution in [2.75, 3.05) is 0 Å². The number of rotatable bonds is 7. The number of nitrogens with zero attached hydrogens (tertiary/aromatic N) is 1. The second-order valence-corrected chi connectivity index (χ2v) is 9.11. The van der Waals surface area contributed by atoms with Crippen LogP contribution in [0.25, 0.3) is 10.9 Å². The van der Waals surface area contributed by atoms with Gasteiger partial charge in [0.15, 0.2) is 0 Å². The topological polar surface area (TPSA) is 88.2 Å². The Morgan fingerprint density at radius 2 is 1.69 bits per heavy atom. The number of hydrogen-bond donors (Lipinski definition) is 2. The third kappa shape index (κ3) is 5.62. The zero-order valence-corrected chi connectivity index (χ0v) is 17.6. The van der Waals surface area contributed by atoms with Gasteiger partial charge < -0.3 is 5.32 Å². The molecule has 2 aromatic carbocycles. The molecule has 0 bridgehead atoms. The van der Waals surface area contributed by atoms with Crippen LogP contribution in [0.5, 0.6) is 0 Å². The summed E-state index contributed by atoms with van der Waals surface area (Å²) in [5.41, 5.74) is 3.76. The summed E-state index contributed by atoms with van der Waals surface area (Å²) in [7, 11) is -3.36. The highest BCUT2D eigenvalue weighted by atomic mass is 32.2. The summed E-state index contributed by atoms with van der Waals surface area (Å²) < 4.78 is 26.6. The van der Waals surface area contributed by atoms with Crippen LogP contribution in [0.2, 0.25) is 0 Å². The van der Waals surface area contributed by atoms with Gasteiger partial charge in [-0.15, -0.1) is 0 Å². The first-order chi connectivity index (χ1) is 13.7. The first-order valence-electron chi connectivity index (χ1n) is 9.46. The van der Waals surface area contributed by atoms with E-state index in [9.17, 15) is 13.2 Å². The van der Waals surface area contributed by atoms with Crippen LogP contribution in [0.1, 0.15) is 41.0 Å². The van der Waals surface area contributed by atoms with Crippen LogP contribution in [-0.4, -0.2) is 25.4 Å². The second-order valence-electron chi connectivity index (χ2n) is 7.36. The number of amides is 1. The quantitative estimate of drug-likeness (QED) is 0.624. The van der Waals surface area contributed by atoms with Crippen LogP contribution in [0.15, 0.2) is 54.6 Å². The molecule has 7 heteroatoms. The summed E-state index contributed by atoms with van der Waals surface area (Å²) in [6.45, 7) is 5.80. The standard InChI is InChI=1S/C22H25N3O3S/c1-15(2)25-29(27,28)14-18-10-8-17(9-11-18)13-23-22(26)20-12-16(3)24-21-7-5-4-6-19(20)21/h4-12,15,25H,13-14H2,1-3H3,(H,23,26). The minimum Gasteiger partial charge on any atom is -0.348 e. The van der Waals surface area contributed by atoms with Gasteiger partial charge in [0.2, 0.25) is 10.0 Å². The molecule has 0 saturated carbocycles. The predicted molar refractivity (Wildman–Crippen MR) is 115 cm³/mol. The van der Waals surface area contributed by atoms with E-state index in [4.69, 9.17) is 0 Å². The van der Waals surface area contributed by atoms with Crippen molar-refractivity contribution in [3.05, 3.63) is 77.0 Å². The molecule has 0 aliphatic rings. The summed E-state index contributed by atoms with van der Waals surface area (Å²) >= 11 is 0. The van der Waals surface area contributed by atoms with Crippen molar-refractivity contribution in [2.45, 2.75) is 39.1 Å². The van der Waals surface area contributed by atoms with E-state index < -0.39 is 10.0 Å². The monoisotopic (exact) mass is 411 g/mol. The lowest BCUT2D eigenvalue weighted by Gasteiger charge is -2.11. The molecule has 3 aromatic rings. The molecule has 1 heterocycles. The third-order valence-corrected chi connectivity index (χ3v) is 5.88. The van der Waals surface area contributed by atoms with Gasteiger partial charge in [-0.05, 0) is 44.0 Å². The minimum absolute atomic E-state index is 0.0693. The van der Waals surface area contributed by atoms with Gasteiger partial charge in [-0.3, -0.25) is 9.78 Å². The first-order valence-corrected chi connectivity index (χ1v) is 11.1. The van der Waals surface area contributed by atoms with E-state index in [2.05, 4.69) is 15.0 Å². The Kier molecular flexibility index (Phi) is 6.30. The molecule has 0 radical (unpaired) electrons. The average molecular weight is 412 g/mol. The molecule has 0 aliphatic heterocycles. The molecule has 2 N–H and O–H groups in total. The van der Waals surface area contributed by atoms with E-state index in [-0.39, 0.29) is 17.7 Å². The zero-order chi connectivity index (χ0) is 21.0. The molecule has 6 nitrogen and oxygen atoms in total. The maximum atomic E-state index is 12.7. The van der Waals surface area contributed by atoms with Gasteiger partial charge in [0, 0.05) is 23.7 Å². The van der Waals surface area contributed by atoms with Crippen LogP contribution in [-0.2, 0) is 22.3 Å². The fraction of sp³-hybridized carbons (Fsp3) is 0.273. The number of aromatic nitrogens is 1. The lowest BCUT2D eigenvalue weighted by Crippen LogP contribution is -2.31. The number of benzene rings is 2. The Morgan fingerprint density at radius 3 is 2.38 bits per heavy atom. The number of carbonyl (C=O) groups excluding carboxylic acids is 1. The van der Waals surface area contributed by atoms with Gasteiger partial charge in [-0.25, -0.2) is 13.1 Å². The highest BCUT2D eigenvalue weighted by Crippen LogP contribution is 2.18. The predicted octanol–water partition coefficient (Wildman–Crippen LogP) is 3.30. The molecule has 0 unspecified atom stereocenters. The number of pyridine rings is 1. The maximum Gasteiger partial charge on any atom is 0.252 e. The van der Waals surface area contributed by atoms with Crippen molar-refractivity contribution in [2.24, 2.45) is 0 Å². The van der Waals surface area contributed by atoms with Crippen LogP contribution in [0, 0.1) is 6.92 Å². The van der Waals surface area contributed by atoms with Gasteiger partial charge in [0.1, 0.15) is 0 Å². The Morgan fingerprint density at radius 1 is 1.03 bits per heavy atom. The molecule has 3 rings (SSSR count). The van der Waals surface area contributed by atoms with Crippen molar-refractivity contribution >= 4 is 26.8 Å². The number of carbonyl (C=O) groups is 1. The fourth-order valence-electron chi connectivity index (χ4n) is 3.15. The van der Waals surface area contributed by atoms with Gasteiger partial charge in [0.05, 0.1) is 16.8 Å². The molecule has 0 atom stereocenters. The summed E-state index contributed by atoms with van der Waals surface area (Å²) in [5, 5.41) is 3.74. The van der Waals surface area contributed by atoms with Gasteiger partial charge in [0.25, 0.3) is 5.91 Å². The summed E-state index contributed by atoms with van der Waals surface area (Å²) in [6, 6.07) is 16.4. The number of nitrogens with one attached hydrogen (secondary N) is 2. The lowest BCUT2D eigenvalue weighted by atomic mass is 10.1. The van der Waals surface area contributed by atoms with Crippen LogP contribution < -0.4 is 10.0 Å². The number of sulfonamides is 1. The first kappa shape index (κ1) is 21.0. The Bertz CT molecular complexity index is 1120. The van der Waals surface area contributed by atoms with Crippen molar-refractivity contribution < 1.29 is 13.2 Å². The SMILES string of the molecule is Cc1cc(C(=O)NCc2ccc(CS(=O)(=O)NC(C)C)cc2)c2ccccc2n1. The molecule has 1 amide bonds. The number of fused-ring (bicyclic) bond motifs is 1. The maximum absolute atomic E-state index is 12.7. The number of para-hydroxylation sites is 1. The summed E-state index contributed by atoms with van der Waals surface area (Å²) in [4.78, 5) is 17.2. The van der Waals surface area contributed by atoms with Crippen molar-refractivity contribution in [3.8, 4) is 0 Å². The Labute approximate surface area is 171 Å². The Hall–Kier alpha value is -2.77. The highest BCUT2D eigenvalue weighted by Gasteiger charge is 2.14. The van der Waals surface area contributed by atoms with Crippen molar-refractivity contribution in [1.29, 1.82) is 0 Å². The second kappa shape index (κ2) is 8.71. The molecule has 0 spiro atoms. The highest BCUT2D eigenvalue weighted by molar-refractivity contribution is 7.88. The van der Waals surface area contributed by atoms with E-state index in [0.717, 1.165) is 22.2 Å². The van der Waals surface area contributed by atoms with E-state index in [1.165, 1.54) is 0 Å². The molecule has 0 fully saturated rings. The molecule has 1 aromatic heterocycles. The van der Waals surface area contributed by atoms with Gasteiger partial charge in [-0.1, -0.05) is 42.5 Å². The van der Waals surface area contributed by atoms with Crippen LogP contribution in [0.4, 0.5) is 0 Å². The van der Waals surface area contributed by atoms with E-state index >= 15 is 0 Å². The fourth-order valence-corrected chi connectivity index (χ4v) is 4.58. The van der Waals surface area contributed by atoms with Crippen molar-refractivity contribution in [1.82, 2.24) is 15.0 Å². The molecule has 0 saturated heterocycles. The lowest BCUT2D eigenvalue weighted by molar-refractivity contribution is 0.0952. The van der Waals surface area contributed by atoms with Crippen LogP contribution >= 0.6 is 0 Å². The van der Waals surface area contributed by atoms with E-state index in [0.29, 0.717) is 17.7 Å². The van der Waals surface area contributed by atoms with Gasteiger partial charge in [-0.2, -0.15) is 0 Å². The molecule has 0 aliphatic carbocycles. The smallest absolute Gasteiger partial charge is 0.252 e. The van der Waals surface area contributed by atoms with E-state index in [1.807, 2.05) is 43.3 Å². The Balaban J connectivity index is 1.67. The largest absolute Gasteiger partial charge is 0.348 e. The van der Waals surface area contributed by atoms with Gasteiger partial charge >= 0.3 is 0 Å². The summed E-state index contributed by atoms with van der Waals surface area (Å²) in [6.07, 6.45) is 0. The molecule has 152 valence electrons. The third-order valence-electron chi connectivity index (χ3n) is 4.34. The number of aryl methyl sites for hydroxylation is 1. The van der Waals surface area contributed by atoms with E-state index in [1.54, 1.807) is 32.0 Å². The molecular formula is C22H25N3O3S.